The van der Waals surface area contributed by atoms with Crippen LogP contribution < -0.4 is 10.1 Å². The Morgan fingerprint density at radius 2 is 2.03 bits per heavy atom. The minimum atomic E-state index is 0.0758. The molecule has 1 amide bonds. The average Bonchev–Trinajstić information content (AvgIpc) is 3.30. The van der Waals surface area contributed by atoms with Gasteiger partial charge in [-0.2, -0.15) is 0 Å². The molecule has 4 heteroatoms. The summed E-state index contributed by atoms with van der Waals surface area (Å²) in [5.41, 5.74) is 3.29. The highest BCUT2D eigenvalue weighted by Crippen LogP contribution is 2.62. The van der Waals surface area contributed by atoms with Crippen LogP contribution in [0.4, 0.5) is 0 Å². The topological polar surface area (TPSA) is 43.3 Å². The van der Waals surface area contributed by atoms with Crippen molar-refractivity contribution in [2.45, 2.75) is 85.7 Å². The molecule has 1 unspecified atom stereocenters. The monoisotopic (exact) mass is 410 g/mol. The Balaban J connectivity index is 1.73. The van der Waals surface area contributed by atoms with Crippen LogP contribution in [0.2, 0.25) is 0 Å². The van der Waals surface area contributed by atoms with Crippen molar-refractivity contribution in [3.63, 3.8) is 0 Å². The molecule has 2 aliphatic carbocycles. The van der Waals surface area contributed by atoms with Gasteiger partial charge in [0.2, 0.25) is 0 Å². The lowest BCUT2D eigenvalue weighted by Crippen LogP contribution is -2.52. The van der Waals surface area contributed by atoms with Gasteiger partial charge in [0.15, 0.2) is 0 Å². The molecule has 3 atom stereocenters. The highest BCUT2D eigenvalue weighted by Gasteiger charge is 2.59. The molecular weight excluding hydrogens is 372 g/mol. The number of carbonyl (C=O) groups excluding carboxylic acids is 1. The van der Waals surface area contributed by atoms with Gasteiger partial charge in [0.25, 0.3) is 5.91 Å². The van der Waals surface area contributed by atoms with Crippen molar-refractivity contribution in [1.29, 1.82) is 0 Å². The standard InChI is InChI=1S/C26H38N2O2/c1-7-8-9-15-28-17(2)21(19-11-10-12-20(30-6)22(19)28)23(29)27-24-25(3,4)18-13-14-26(24,5)16-18/h10-12,18,24H,7-9,13-16H2,1-6H3,(H,27,29)/t18?,24-,26+/m1/s1. The third-order valence-corrected chi connectivity index (χ3v) is 8.28. The Morgan fingerprint density at radius 3 is 2.67 bits per heavy atom. The van der Waals surface area contributed by atoms with E-state index in [4.69, 9.17) is 4.74 Å². The fourth-order valence-corrected chi connectivity index (χ4v) is 6.62. The normalized spacial score (nSPS) is 27.0. The summed E-state index contributed by atoms with van der Waals surface area (Å²) in [5, 5.41) is 4.52. The molecule has 2 bridgehead atoms. The van der Waals surface area contributed by atoms with E-state index in [1.165, 1.54) is 32.1 Å². The average molecular weight is 411 g/mol. The number of unbranched alkanes of at least 4 members (excludes halogenated alkanes) is 2. The zero-order valence-electron chi connectivity index (χ0n) is 19.6. The van der Waals surface area contributed by atoms with E-state index in [9.17, 15) is 4.79 Å². The van der Waals surface area contributed by atoms with Crippen LogP contribution in [0.5, 0.6) is 5.75 Å². The van der Waals surface area contributed by atoms with E-state index in [1.807, 2.05) is 12.1 Å². The number of benzene rings is 1. The minimum absolute atomic E-state index is 0.0758. The molecule has 1 aromatic carbocycles. The summed E-state index contributed by atoms with van der Waals surface area (Å²) in [5.74, 6) is 1.63. The predicted molar refractivity (Wildman–Crippen MR) is 123 cm³/mol. The second-order valence-corrected chi connectivity index (χ2v) is 10.5. The fourth-order valence-electron chi connectivity index (χ4n) is 6.62. The van der Waals surface area contributed by atoms with Gasteiger partial charge < -0.3 is 14.6 Å². The largest absolute Gasteiger partial charge is 0.495 e. The predicted octanol–water partition coefficient (Wildman–Crippen LogP) is 6.09. The molecule has 2 aromatic rings. The molecule has 4 rings (SSSR count). The summed E-state index contributed by atoms with van der Waals surface area (Å²) in [7, 11) is 1.71. The molecule has 30 heavy (non-hydrogen) atoms. The second kappa shape index (κ2) is 7.62. The molecule has 2 fully saturated rings. The van der Waals surface area contributed by atoms with Gasteiger partial charge in [-0.15, -0.1) is 0 Å². The van der Waals surface area contributed by atoms with E-state index in [-0.39, 0.29) is 22.8 Å². The molecule has 1 N–H and O–H groups in total. The van der Waals surface area contributed by atoms with E-state index in [0.29, 0.717) is 5.92 Å². The third-order valence-electron chi connectivity index (χ3n) is 8.28. The smallest absolute Gasteiger partial charge is 0.253 e. The summed E-state index contributed by atoms with van der Waals surface area (Å²) in [6.45, 7) is 12.3. The van der Waals surface area contributed by atoms with E-state index >= 15 is 0 Å². The Morgan fingerprint density at radius 1 is 1.27 bits per heavy atom. The van der Waals surface area contributed by atoms with Crippen molar-refractivity contribution in [2.75, 3.05) is 7.11 Å². The minimum Gasteiger partial charge on any atom is -0.495 e. The van der Waals surface area contributed by atoms with E-state index in [0.717, 1.165) is 40.9 Å². The number of para-hydroxylation sites is 1. The van der Waals surface area contributed by atoms with Crippen molar-refractivity contribution in [3.8, 4) is 5.75 Å². The van der Waals surface area contributed by atoms with Gasteiger partial charge in [-0.25, -0.2) is 0 Å². The number of fused-ring (bicyclic) bond motifs is 3. The lowest BCUT2D eigenvalue weighted by Gasteiger charge is -2.43. The van der Waals surface area contributed by atoms with Gasteiger partial charge in [0, 0.05) is 23.7 Å². The Bertz CT molecular complexity index is 953. The van der Waals surface area contributed by atoms with Crippen LogP contribution in [0.1, 0.15) is 82.3 Å². The number of aryl methyl sites for hydroxylation is 1. The molecule has 0 saturated heterocycles. The lowest BCUT2D eigenvalue weighted by atomic mass is 9.68. The van der Waals surface area contributed by atoms with Gasteiger partial charge >= 0.3 is 0 Å². The first-order valence-electron chi connectivity index (χ1n) is 11.7. The number of carbonyl (C=O) groups is 1. The second-order valence-electron chi connectivity index (χ2n) is 10.5. The molecule has 1 aromatic heterocycles. The van der Waals surface area contributed by atoms with Crippen LogP contribution in [0.15, 0.2) is 18.2 Å². The molecule has 1 heterocycles. The first-order chi connectivity index (χ1) is 14.2. The summed E-state index contributed by atoms with van der Waals surface area (Å²) >= 11 is 0. The SMILES string of the molecule is CCCCCn1c(C)c(C(=O)N[C@@H]2C(C)(C)C3CC[C@@]2(C)C3)c2cccc(OC)c21. The molecule has 4 nitrogen and oxygen atoms in total. The molecule has 2 aliphatic rings. The molecule has 164 valence electrons. The zero-order chi connectivity index (χ0) is 21.7. The summed E-state index contributed by atoms with van der Waals surface area (Å²) < 4.78 is 7.99. The quantitative estimate of drug-likeness (QED) is 0.561. The van der Waals surface area contributed by atoms with Crippen molar-refractivity contribution in [1.82, 2.24) is 9.88 Å². The van der Waals surface area contributed by atoms with E-state index in [1.54, 1.807) is 7.11 Å². The van der Waals surface area contributed by atoms with Crippen molar-refractivity contribution in [2.24, 2.45) is 16.7 Å². The highest BCUT2D eigenvalue weighted by molar-refractivity contribution is 6.09. The van der Waals surface area contributed by atoms with Crippen molar-refractivity contribution < 1.29 is 9.53 Å². The van der Waals surface area contributed by atoms with Crippen LogP contribution in [0.25, 0.3) is 10.9 Å². The summed E-state index contributed by atoms with van der Waals surface area (Å²) in [6.07, 6.45) is 7.22. The van der Waals surface area contributed by atoms with E-state index in [2.05, 4.69) is 50.6 Å². The van der Waals surface area contributed by atoms with Gasteiger partial charge in [-0.1, -0.05) is 52.7 Å². The third kappa shape index (κ3) is 3.14. The lowest BCUT2D eigenvalue weighted by molar-refractivity contribution is 0.0738. The summed E-state index contributed by atoms with van der Waals surface area (Å²) in [4.78, 5) is 13.7. The molecule has 0 radical (unpaired) electrons. The van der Waals surface area contributed by atoms with Gasteiger partial charge in [0.05, 0.1) is 18.2 Å². The number of ether oxygens (including phenoxy) is 1. The first kappa shape index (κ1) is 21.3. The van der Waals surface area contributed by atoms with Crippen LogP contribution >= 0.6 is 0 Å². The Kier molecular flexibility index (Phi) is 5.40. The molecule has 0 aliphatic heterocycles. The number of amides is 1. The number of hydrogen-bond donors (Lipinski definition) is 1. The van der Waals surface area contributed by atoms with Crippen LogP contribution in [-0.4, -0.2) is 23.6 Å². The number of hydrogen-bond acceptors (Lipinski definition) is 2. The Hall–Kier alpha value is -1.97. The Labute approximate surface area is 181 Å². The maximum absolute atomic E-state index is 13.7. The van der Waals surface area contributed by atoms with Crippen molar-refractivity contribution in [3.05, 3.63) is 29.5 Å². The fraction of sp³-hybridized carbons (Fsp3) is 0.654. The first-order valence-corrected chi connectivity index (χ1v) is 11.7. The zero-order valence-corrected chi connectivity index (χ0v) is 19.6. The van der Waals surface area contributed by atoms with Gasteiger partial charge in [0.1, 0.15) is 5.75 Å². The maximum atomic E-state index is 13.7. The van der Waals surface area contributed by atoms with Crippen LogP contribution in [-0.2, 0) is 6.54 Å². The number of methoxy groups -OCH3 is 1. The highest BCUT2D eigenvalue weighted by atomic mass is 16.5. The number of aromatic nitrogens is 1. The number of rotatable bonds is 7. The van der Waals surface area contributed by atoms with E-state index < -0.39 is 0 Å². The number of nitrogens with zero attached hydrogens (tertiary/aromatic N) is 1. The molecule has 0 spiro atoms. The molecular formula is C26H38N2O2. The van der Waals surface area contributed by atoms with Gasteiger partial charge in [-0.05, 0) is 55.4 Å². The maximum Gasteiger partial charge on any atom is 0.253 e. The van der Waals surface area contributed by atoms with Crippen molar-refractivity contribution >= 4 is 16.8 Å². The molecule has 2 saturated carbocycles. The van der Waals surface area contributed by atoms with Crippen LogP contribution in [0.3, 0.4) is 0 Å². The van der Waals surface area contributed by atoms with Crippen LogP contribution in [0, 0.1) is 23.7 Å². The van der Waals surface area contributed by atoms with Gasteiger partial charge in [-0.3, -0.25) is 4.79 Å². The number of nitrogens with one attached hydrogen (secondary N) is 1. The summed E-state index contributed by atoms with van der Waals surface area (Å²) in [6, 6.07) is 6.29.